The van der Waals surface area contributed by atoms with Gasteiger partial charge in [-0.25, -0.2) is 9.59 Å². The van der Waals surface area contributed by atoms with Gasteiger partial charge in [-0.1, -0.05) is 0 Å². The average Bonchev–Trinajstić information content (AvgIpc) is 2.66. The van der Waals surface area contributed by atoms with Crippen molar-refractivity contribution in [2.24, 2.45) is 0 Å². The molecule has 7 heteroatoms. The van der Waals surface area contributed by atoms with E-state index in [4.69, 9.17) is 18.9 Å². The van der Waals surface area contributed by atoms with Gasteiger partial charge >= 0.3 is 11.9 Å². The van der Waals surface area contributed by atoms with Gasteiger partial charge in [0.1, 0.15) is 0 Å². The number of hydrogen-bond acceptors (Lipinski definition) is 7. The van der Waals surface area contributed by atoms with Crippen molar-refractivity contribution in [3.63, 3.8) is 0 Å². The van der Waals surface area contributed by atoms with Crippen LogP contribution < -0.4 is 0 Å². The predicted octanol–water partition coefficient (Wildman–Crippen LogP) is 2.35. The highest BCUT2D eigenvalue weighted by Crippen LogP contribution is 2.14. The Morgan fingerprint density at radius 1 is 0.808 bits per heavy atom. The van der Waals surface area contributed by atoms with Crippen molar-refractivity contribution < 1.29 is 33.6 Å². The quantitative estimate of drug-likeness (QED) is 0.422. The number of aliphatic hydroxyl groups is 1. The minimum Gasteiger partial charge on any atom is -0.462 e. The Morgan fingerprint density at radius 3 is 1.65 bits per heavy atom. The monoisotopic (exact) mass is 368 g/mol. The van der Waals surface area contributed by atoms with Crippen molar-refractivity contribution in [1.82, 2.24) is 0 Å². The SMILES string of the molecule is CCOCCCOC(=O)c1cc(CO)cc(C(=O)OCCCOCC)c1. The molecule has 0 atom stereocenters. The van der Waals surface area contributed by atoms with Crippen molar-refractivity contribution in [3.05, 3.63) is 34.9 Å². The summed E-state index contributed by atoms with van der Waals surface area (Å²) in [7, 11) is 0. The number of carbonyl (C=O) groups excluding carboxylic acids is 2. The van der Waals surface area contributed by atoms with E-state index in [0.29, 0.717) is 44.8 Å². The summed E-state index contributed by atoms with van der Waals surface area (Å²) in [5.41, 5.74) is 0.846. The molecule has 0 spiro atoms. The van der Waals surface area contributed by atoms with Crippen molar-refractivity contribution in [2.75, 3.05) is 39.6 Å². The first-order valence-electron chi connectivity index (χ1n) is 8.86. The van der Waals surface area contributed by atoms with Crippen molar-refractivity contribution in [3.8, 4) is 0 Å². The highest BCUT2D eigenvalue weighted by atomic mass is 16.5. The second-order valence-corrected chi connectivity index (χ2v) is 5.45. The fourth-order valence-electron chi connectivity index (χ4n) is 2.13. The summed E-state index contributed by atoms with van der Waals surface area (Å²) >= 11 is 0. The first-order chi connectivity index (χ1) is 12.6. The van der Waals surface area contributed by atoms with Crippen molar-refractivity contribution in [1.29, 1.82) is 0 Å². The zero-order valence-corrected chi connectivity index (χ0v) is 15.5. The number of carbonyl (C=O) groups is 2. The average molecular weight is 368 g/mol. The normalized spacial score (nSPS) is 10.6. The van der Waals surface area contributed by atoms with Crippen LogP contribution in [0.4, 0.5) is 0 Å². The van der Waals surface area contributed by atoms with Gasteiger partial charge in [-0.15, -0.1) is 0 Å². The van der Waals surface area contributed by atoms with Crippen molar-refractivity contribution >= 4 is 11.9 Å². The summed E-state index contributed by atoms with van der Waals surface area (Å²) in [6.07, 6.45) is 1.18. The lowest BCUT2D eigenvalue weighted by atomic mass is 10.1. The first-order valence-corrected chi connectivity index (χ1v) is 8.86. The molecule has 0 aromatic heterocycles. The zero-order valence-electron chi connectivity index (χ0n) is 15.5. The van der Waals surface area contributed by atoms with E-state index in [1.54, 1.807) is 0 Å². The molecule has 0 radical (unpaired) electrons. The van der Waals surface area contributed by atoms with Crippen LogP contribution in [0.1, 0.15) is 53.0 Å². The summed E-state index contributed by atoms with van der Waals surface area (Å²) in [5.74, 6) is -1.11. The molecule has 146 valence electrons. The van der Waals surface area contributed by atoms with Gasteiger partial charge in [0, 0.05) is 39.3 Å². The van der Waals surface area contributed by atoms with Gasteiger partial charge in [0.05, 0.1) is 30.9 Å². The second-order valence-electron chi connectivity index (χ2n) is 5.45. The number of rotatable bonds is 13. The summed E-state index contributed by atoms with van der Waals surface area (Å²) in [6, 6.07) is 4.41. The van der Waals surface area contributed by atoms with E-state index in [1.807, 2.05) is 13.8 Å². The van der Waals surface area contributed by atoms with Crippen LogP contribution in [0.15, 0.2) is 18.2 Å². The maximum Gasteiger partial charge on any atom is 0.338 e. The Bertz CT molecular complexity index is 513. The van der Waals surface area contributed by atoms with E-state index in [0.717, 1.165) is 0 Å². The molecule has 7 nitrogen and oxygen atoms in total. The molecule has 0 saturated heterocycles. The van der Waals surface area contributed by atoms with Crippen LogP contribution in [0.3, 0.4) is 0 Å². The third-order valence-electron chi connectivity index (χ3n) is 3.39. The van der Waals surface area contributed by atoms with Crippen LogP contribution in [0.2, 0.25) is 0 Å². The second kappa shape index (κ2) is 13.3. The first kappa shape index (κ1) is 22.1. The molecule has 0 fully saturated rings. The van der Waals surface area contributed by atoms with E-state index in [9.17, 15) is 14.7 Å². The highest BCUT2D eigenvalue weighted by molar-refractivity contribution is 5.95. The van der Waals surface area contributed by atoms with Gasteiger partial charge in [-0.05, 0) is 37.6 Å². The van der Waals surface area contributed by atoms with Gasteiger partial charge < -0.3 is 24.1 Å². The Kier molecular flexibility index (Phi) is 11.3. The third-order valence-corrected chi connectivity index (χ3v) is 3.39. The maximum absolute atomic E-state index is 12.1. The standard InChI is InChI=1S/C19H28O7/c1-3-23-7-5-9-25-18(21)16-11-15(14-20)12-17(13-16)19(22)26-10-6-8-24-4-2/h11-13,20H,3-10,14H2,1-2H3. The third kappa shape index (κ3) is 8.42. The van der Waals surface area contributed by atoms with Crippen LogP contribution >= 0.6 is 0 Å². The summed E-state index contributed by atoms with van der Waals surface area (Å²) in [4.78, 5) is 24.3. The Labute approximate surface area is 154 Å². The Morgan fingerprint density at radius 2 is 1.27 bits per heavy atom. The number of aliphatic hydroxyl groups excluding tert-OH is 1. The number of hydrogen-bond donors (Lipinski definition) is 1. The molecule has 0 unspecified atom stereocenters. The summed E-state index contributed by atoms with van der Waals surface area (Å²) in [6.45, 7) is 6.19. The maximum atomic E-state index is 12.1. The molecular formula is C19H28O7. The van der Waals surface area contributed by atoms with Crippen LogP contribution in [-0.4, -0.2) is 56.7 Å². The molecule has 0 saturated carbocycles. The van der Waals surface area contributed by atoms with Gasteiger partial charge in [0.25, 0.3) is 0 Å². The predicted molar refractivity (Wildman–Crippen MR) is 95.1 cm³/mol. The smallest absolute Gasteiger partial charge is 0.338 e. The van der Waals surface area contributed by atoms with Crippen LogP contribution in [0.5, 0.6) is 0 Å². The summed E-state index contributed by atoms with van der Waals surface area (Å²) < 4.78 is 20.7. The number of esters is 2. The minimum absolute atomic E-state index is 0.203. The molecule has 0 aliphatic rings. The molecule has 0 aliphatic heterocycles. The largest absolute Gasteiger partial charge is 0.462 e. The van der Waals surface area contributed by atoms with Crippen LogP contribution in [-0.2, 0) is 25.6 Å². The van der Waals surface area contributed by atoms with Gasteiger partial charge in [-0.3, -0.25) is 0 Å². The summed E-state index contributed by atoms with van der Waals surface area (Å²) in [5, 5.41) is 9.36. The lowest BCUT2D eigenvalue weighted by Crippen LogP contribution is -2.12. The van der Waals surface area contributed by atoms with Crippen molar-refractivity contribution in [2.45, 2.75) is 33.3 Å². The molecule has 0 bridgehead atoms. The van der Waals surface area contributed by atoms with E-state index in [-0.39, 0.29) is 30.9 Å². The van der Waals surface area contributed by atoms with E-state index >= 15 is 0 Å². The molecule has 26 heavy (non-hydrogen) atoms. The van der Waals surface area contributed by atoms with Crippen LogP contribution in [0, 0.1) is 0 Å². The van der Waals surface area contributed by atoms with E-state index < -0.39 is 11.9 Å². The fourth-order valence-corrected chi connectivity index (χ4v) is 2.13. The lowest BCUT2D eigenvalue weighted by molar-refractivity contribution is 0.0452. The van der Waals surface area contributed by atoms with Gasteiger partial charge in [0.15, 0.2) is 0 Å². The Hall–Kier alpha value is -1.96. The molecule has 0 aliphatic carbocycles. The molecule has 1 aromatic carbocycles. The zero-order chi connectivity index (χ0) is 19.2. The topological polar surface area (TPSA) is 91.3 Å². The molecular weight excluding hydrogens is 340 g/mol. The molecule has 0 amide bonds. The van der Waals surface area contributed by atoms with Crippen LogP contribution in [0.25, 0.3) is 0 Å². The Balaban J connectivity index is 2.62. The van der Waals surface area contributed by atoms with E-state index in [1.165, 1.54) is 18.2 Å². The highest BCUT2D eigenvalue weighted by Gasteiger charge is 2.15. The minimum atomic E-state index is -0.554. The fraction of sp³-hybridized carbons (Fsp3) is 0.579. The number of ether oxygens (including phenoxy) is 4. The molecule has 1 aromatic rings. The molecule has 1 rings (SSSR count). The molecule has 1 N–H and O–H groups in total. The number of benzene rings is 1. The lowest BCUT2D eigenvalue weighted by Gasteiger charge is -2.09. The van der Waals surface area contributed by atoms with Gasteiger partial charge in [0.2, 0.25) is 0 Å². The van der Waals surface area contributed by atoms with E-state index in [2.05, 4.69) is 0 Å². The van der Waals surface area contributed by atoms with Gasteiger partial charge in [-0.2, -0.15) is 0 Å². The molecule has 0 heterocycles.